The molecule has 0 radical (unpaired) electrons. The fraction of sp³-hybridized carbons (Fsp3) is 0.308. The first-order valence-electron chi connectivity index (χ1n) is 11.0. The van der Waals surface area contributed by atoms with Crippen LogP contribution in [0.25, 0.3) is 11.1 Å². The zero-order valence-electron chi connectivity index (χ0n) is 18.5. The number of hydrogen-bond donors (Lipinski definition) is 1. The minimum Gasteiger partial charge on any atom is -0.343 e. The van der Waals surface area contributed by atoms with E-state index in [0.717, 1.165) is 54.0 Å². The number of likely N-dealkylation sites (tertiary alicyclic amines) is 1. The number of rotatable bonds is 5. The van der Waals surface area contributed by atoms with Crippen molar-refractivity contribution in [1.82, 2.24) is 14.9 Å². The second-order valence-electron chi connectivity index (χ2n) is 8.36. The van der Waals surface area contributed by atoms with Gasteiger partial charge in [0.05, 0.1) is 18.3 Å². The third kappa shape index (κ3) is 5.38. The molecule has 1 N–H and O–H groups in total. The van der Waals surface area contributed by atoms with Crippen LogP contribution in [0.3, 0.4) is 0 Å². The zero-order chi connectivity index (χ0) is 22.5. The molecule has 2 aromatic heterocycles. The average Bonchev–Trinajstić information content (AvgIpc) is 2.80. The van der Waals surface area contributed by atoms with E-state index < -0.39 is 0 Å². The van der Waals surface area contributed by atoms with Gasteiger partial charge in [0.25, 0.3) is 0 Å². The predicted molar refractivity (Wildman–Crippen MR) is 125 cm³/mol. The molecule has 1 aromatic carbocycles. The highest BCUT2D eigenvalue weighted by atomic mass is 16.2. The number of carbonyl (C=O) groups excluding carboxylic acids is 2. The molecule has 2 amide bonds. The summed E-state index contributed by atoms with van der Waals surface area (Å²) in [6.07, 6.45) is 5.68. The number of pyridine rings is 2. The van der Waals surface area contributed by atoms with Crippen LogP contribution in [0.4, 0.5) is 5.69 Å². The van der Waals surface area contributed by atoms with Gasteiger partial charge in [0.1, 0.15) is 0 Å². The van der Waals surface area contributed by atoms with Crippen LogP contribution in [0.1, 0.15) is 42.6 Å². The molecule has 1 saturated heterocycles. The van der Waals surface area contributed by atoms with Crippen LogP contribution in [-0.4, -0.2) is 39.8 Å². The van der Waals surface area contributed by atoms with Crippen molar-refractivity contribution >= 4 is 17.5 Å². The van der Waals surface area contributed by atoms with Crippen LogP contribution in [0.15, 0.2) is 60.9 Å². The van der Waals surface area contributed by atoms with E-state index in [1.165, 1.54) is 0 Å². The number of hydrogen-bond acceptors (Lipinski definition) is 4. The summed E-state index contributed by atoms with van der Waals surface area (Å²) in [6, 6.07) is 16.0. The Morgan fingerprint density at radius 1 is 1.00 bits per heavy atom. The zero-order valence-corrected chi connectivity index (χ0v) is 18.5. The largest absolute Gasteiger partial charge is 0.343 e. The molecule has 3 heterocycles. The average molecular weight is 429 g/mol. The molecule has 3 aromatic rings. The molecule has 6 nitrogen and oxygen atoms in total. The van der Waals surface area contributed by atoms with Gasteiger partial charge in [-0.25, -0.2) is 0 Å². The Labute approximate surface area is 188 Å². The number of nitrogens with one attached hydrogen (secondary N) is 1. The van der Waals surface area contributed by atoms with Gasteiger partial charge in [0, 0.05) is 43.5 Å². The van der Waals surface area contributed by atoms with Crippen LogP contribution in [0.5, 0.6) is 0 Å². The Hall–Kier alpha value is -3.54. The SMILES string of the molecule is CC(=O)N1CCC(c2ccc(NC(=O)Cc3ccc(-c4ccnc(C)c4)cc3)cn2)CC1. The van der Waals surface area contributed by atoms with Crippen LogP contribution in [0.2, 0.25) is 0 Å². The first-order valence-corrected chi connectivity index (χ1v) is 11.0. The summed E-state index contributed by atoms with van der Waals surface area (Å²) in [7, 11) is 0. The topological polar surface area (TPSA) is 75.2 Å². The number of anilines is 1. The molecule has 1 aliphatic rings. The molecule has 0 unspecified atom stereocenters. The van der Waals surface area contributed by atoms with E-state index in [1.807, 2.05) is 60.4 Å². The molecule has 1 aliphatic heterocycles. The van der Waals surface area contributed by atoms with Gasteiger partial charge in [-0.05, 0) is 60.7 Å². The maximum atomic E-state index is 12.5. The number of carbonyl (C=O) groups is 2. The Morgan fingerprint density at radius 2 is 1.75 bits per heavy atom. The molecule has 4 rings (SSSR count). The van der Waals surface area contributed by atoms with Gasteiger partial charge < -0.3 is 10.2 Å². The molecule has 0 atom stereocenters. The standard InChI is InChI=1S/C26H28N4O2/c1-18-15-23(9-12-27-18)21-5-3-20(4-6-21)16-26(32)29-24-7-8-25(28-17-24)22-10-13-30(14-11-22)19(2)31/h3-9,12,15,17,22H,10-11,13-14,16H2,1-2H3,(H,29,32). The van der Waals surface area contributed by atoms with Crippen LogP contribution < -0.4 is 5.32 Å². The molecule has 0 saturated carbocycles. The number of piperidine rings is 1. The van der Waals surface area contributed by atoms with E-state index in [2.05, 4.69) is 15.3 Å². The van der Waals surface area contributed by atoms with E-state index in [1.54, 1.807) is 19.3 Å². The molecule has 32 heavy (non-hydrogen) atoms. The lowest BCUT2D eigenvalue weighted by Gasteiger charge is -2.31. The van der Waals surface area contributed by atoms with Crippen molar-refractivity contribution in [3.63, 3.8) is 0 Å². The van der Waals surface area contributed by atoms with Crippen molar-refractivity contribution in [2.45, 2.75) is 39.0 Å². The maximum Gasteiger partial charge on any atom is 0.228 e. The quantitative estimate of drug-likeness (QED) is 0.655. The van der Waals surface area contributed by atoms with Crippen molar-refractivity contribution in [3.8, 4) is 11.1 Å². The maximum absolute atomic E-state index is 12.5. The summed E-state index contributed by atoms with van der Waals surface area (Å²) in [4.78, 5) is 34.6. The summed E-state index contributed by atoms with van der Waals surface area (Å²) in [5.74, 6) is 0.427. The van der Waals surface area contributed by atoms with E-state index in [9.17, 15) is 9.59 Å². The van der Waals surface area contributed by atoms with E-state index >= 15 is 0 Å². The Morgan fingerprint density at radius 3 is 2.38 bits per heavy atom. The van der Waals surface area contributed by atoms with Crippen LogP contribution >= 0.6 is 0 Å². The van der Waals surface area contributed by atoms with Crippen molar-refractivity contribution < 1.29 is 9.59 Å². The third-order valence-electron chi connectivity index (χ3n) is 5.98. The summed E-state index contributed by atoms with van der Waals surface area (Å²) >= 11 is 0. The summed E-state index contributed by atoms with van der Waals surface area (Å²) < 4.78 is 0. The second-order valence-corrected chi connectivity index (χ2v) is 8.36. The lowest BCUT2D eigenvalue weighted by molar-refractivity contribution is -0.129. The highest BCUT2D eigenvalue weighted by Crippen LogP contribution is 2.27. The Balaban J connectivity index is 1.31. The monoisotopic (exact) mass is 428 g/mol. The molecule has 1 fully saturated rings. The predicted octanol–water partition coefficient (Wildman–Crippen LogP) is 4.36. The van der Waals surface area contributed by atoms with E-state index in [-0.39, 0.29) is 11.8 Å². The number of aromatic nitrogens is 2. The summed E-state index contributed by atoms with van der Waals surface area (Å²) in [5.41, 5.74) is 5.88. The first-order chi connectivity index (χ1) is 15.5. The smallest absolute Gasteiger partial charge is 0.228 e. The number of nitrogens with zero attached hydrogens (tertiary/aromatic N) is 3. The molecule has 164 valence electrons. The molecule has 0 aliphatic carbocycles. The minimum absolute atomic E-state index is 0.0678. The molecule has 6 heteroatoms. The lowest BCUT2D eigenvalue weighted by Crippen LogP contribution is -2.36. The fourth-order valence-corrected chi connectivity index (χ4v) is 4.14. The van der Waals surface area contributed by atoms with Gasteiger partial charge in [0.2, 0.25) is 11.8 Å². The Bertz CT molecular complexity index is 1090. The molecule has 0 spiro atoms. The highest BCUT2D eigenvalue weighted by Gasteiger charge is 2.22. The van der Waals surface area contributed by atoms with Gasteiger partial charge in [-0.1, -0.05) is 24.3 Å². The molecular formula is C26H28N4O2. The van der Waals surface area contributed by atoms with E-state index in [4.69, 9.17) is 0 Å². The molecule has 0 bridgehead atoms. The molecular weight excluding hydrogens is 400 g/mol. The lowest BCUT2D eigenvalue weighted by atomic mass is 9.93. The van der Waals surface area contributed by atoms with Gasteiger partial charge in [-0.15, -0.1) is 0 Å². The first kappa shape index (κ1) is 21.7. The second kappa shape index (κ2) is 9.73. The number of amides is 2. The van der Waals surface area contributed by atoms with Crippen LogP contribution in [0, 0.1) is 6.92 Å². The van der Waals surface area contributed by atoms with E-state index in [0.29, 0.717) is 18.0 Å². The van der Waals surface area contributed by atoms with Crippen molar-refractivity contribution in [1.29, 1.82) is 0 Å². The van der Waals surface area contributed by atoms with Gasteiger partial charge in [-0.3, -0.25) is 19.6 Å². The highest BCUT2D eigenvalue weighted by molar-refractivity contribution is 5.92. The fourth-order valence-electron chi connectivity index (χ4n) is 4.14. The Kier molecular flexibility index (Phi) is 6.59. The van der Waals surface area contributed by atoms with Gasteiger partial charge in [0.15, 0.2) is 0 Å². The van der Waals surface area contributed by atoms with Crippen molar-refractivity contribution in [3.05, 3.63) is 77.9 Å². The number of benzene rings is 1. The third-order valence-corrected chi connectivity index (χ3v) is 5.98. The van der Waals surface area contributed by atoms with Crippen molar-refractivity contribution in [2.24, 2.45) is 0 Å². The van der Waals surface area contributed by atoms with Crippen molar-refractivity contribution in [2.75, 3.05) is 18.4 Å². The van der Waals surface area contributed by atoms with Gasteiger partial charge >= 0.3 is 0 Å². The van der Waals surface area contributed by atoms with Gasteiger partial charge in [-0.2, -0.15) is 0 Å². The summed E-state index contributed by atoms with van der Waals surface area (Å²) in [5, 5.41) is 2.93. The summed E-state index contributed by atoms with van der Waals surface area (Å²) in [6.45, 7) is 5.15. The van der Waals surface area contributed by atoms with Crippen LogP contribution in [-0.2, 0) is 16.0 Å². The number of aryl methyl sites for hydroxylation is 1. The minimum atomic E-state index is -0.0678. The normalized spacial score (nSPS) is 14.2.